The molecule has 1 N–H and O–H groups in total. The number of nitrogens with one attached hydrogen (secondary N) is 1. The highest BCUT2D eigenvalue weighted by Crippen LogP contribution is 2.29. The lowest BCUT2D eigenvalue weighted by molar-refractivity contribution is -0.133. The van der Waals surface area contributed by atoms with Crippen LogP contribution in [-0.2, 0) is 29.0 Å². The predicted molar refractivity (Wildman–Crippen MR) is 121 cm³/mol. The van der Waals surface area contributed by atoms with Gasteiger partial charge in [0.2, 0.25) is 11.8 Å². The Kier molecular flexibility index (Phi) is 5.76. The van der Waals surface area contributed by atoms with Crippen molar-refractivity contribution in [2.75, 3.05) is 18.5 Å². The lowest BCUT2D eigenvalue weighted by Gasteiger charge is -2.30. The summed E-state index contributed by atoms with van der Waals surface area (Å²) in [7, 11) is 1.76. The van der Waals surface area contributed by atoms with E-state index in [2.05, 4.69) is 22.1 Å². The van der Waals surface area contributed by atoms with E-state index in [9.17, 15) is 9.59 Å². The van der Waals surface area contributed by atoms with Gasteiger partial charge in [0.15, 0.2) is 0 Å². The quantitative estimate of drug-likeness (QED) is 0.664. The molecule has 0 saturated carbocycles. The number of hydrogen-bond acceptors (Lipinski definition) is 4. The van der Waals surface area contributed by atoms with Crippen molar-refractivity contribution >= 4 is 28.5 Å². The van der Waals surface area contributed by atoms with Crippen LogP contribution in [0.25, 0.3) is 10.9 Å². The van der Waals surface area contributed by atoms with Crippen LogP contribution in [0.1, 0.15) is 42.9 Å². The van der Waals surface area contributed by atoms with Crippen LogP contribution >= 0.6 is 0 Å². The molecule has 0 atom stereocenters. The second-order valence-electron chi connectivity index (χ2n) is 8.53. The first-order valence-electron chi connectivity index (χ1n) is 10.8. The number of amides is 2. The van der Waals surface area contributed by atoms with Gasteiger partial charge in [0.05, 0.1) is 6.54 Å². The number of anilines is 1. The number of carbonyl (C=O) groups is 2. The van der Waals surface area contributed by atoms with E-state index in [1.165, 1.54) is 10.9 Å². The molecule has 1 aromatic carbocycles. The lowest BCUT2D eigenvalue weighted by Crippen LogP contribution is -2.38. The standard InChI is InChI=1S/C24H29N5O2/c1-15(2)24(31)28(4)14-21-26-16(3)18-9-10-22(30)29(23(18)27-21)12-11-17-13-25-20-8-6-5-7-19(17)20/h5-8,13,15,25H,9-12,14H2,1-4H3. The number of aromatic amines is 1. The minimum atomic E-state index is -0.0852. The van der Waals surface area contributed by atoms with Gasteiger partial charge in [-0.25, -0.2) is 9.97 Å². The summed E-state index contributed by atoms with van der Waals surface area (Å²) in [6, 6.07) is 8.19. The maximum Gasteiger partial charge on any atom is 0.228 e. The van der Waals surface area contributed by atoms with E-state index in [-0.39, 0.29) is 17.7 Å². The number of nitrogens with zero attached hydrogens (tertiary/aromatic N) is 4. The number of para-hydroxylation sites is 1. The fourth-order valence-corrected chi connectivity index (χ4v) is 4.24. The average Bonchev–Trinajstić information content (AvgIpc) is 3.15. The highest BCUT2D eigenvalue weighted by Gasteiger charge is 2.28. The van der Waals surface area contributed by atoms with Gasteiger partial charge < -0.3 is 9.88 Å². The first kappa shape index (κ1) is 21.0. The molecule has 0 unspecified atom stereocenters. The Balaban J connectivity index is 1.59. The summed E-state index contributed by atoms with van der Waals surface area (Å²) in [6.07, 6.45) is 3.88. The Labute approximate surface area is 182 Å². The molecule has 162 valence electrons. The molecule has 0 radical (unpaired) electrons. The number of aromatic nitrogens is 3. The molecule has 4 rings (SSSR count). The third kappa shape index (κ3) is 4.17. The van der Waals surface area contributed by atoms with E-state index in [1.807, 2.05) is 39.1 Å². The summed E-state index contributed by atoms with van der Waals surface area (Å²) in [5.74, 6) is 1.32. The molecule has 3 aromatic rings. The van der Waals surface area contributed by atoms with Gasteiger partial charge in [-0.2, -0.15) is 0 Å². The summed E-state index contributed by atoms with van der Waals surface area (Å²) in [4.78, 5) is 41.2. The van der Waals surface area contributed by atoms with E-state index in [0.717, 1.165) is 23.2 Å². The molecule has 0 saturated heterocycles. The first-order chi connectivity index (χ1) is 14.8. The van der Waals surface area contributed by atoms with Gasteiger partial charge in [0.25, 0.3) is 0 Å². The Morgan fingerprint density at radius 2 is 2.00 bits per heavy atom. The number of hydrogen-bond donors (Lipinski definition) is 1. The van der Waals surface area contributed by atoms with Crippen molar-refractivity contribution in [2.45, 2.75) is 46.6 Å². The molecule has 0 spiro atoms. The van der Waals surface area contributed by atoms with Crippen LogP contribution < -0.4 is 4.90 Å². The van der Waals surface area contributed by atoms with Gasteiger partial charge in [-0.05, 0) is 31.4 Å². The summed E-state index contributed by atoms with van der Waals surface area (Å²) >= 11 is 0. The molecule has 1 aliphatic rings. The number of fused-ring (bicyclic) bond motifs is 2. The Morgan fingerprint density at radius 3 is 2.77 bits per heavy atom. The van der Waals surface area contributed by atoms with Gasteiger partial charge in [0, 0.05) is 54.3 Å². The Bertz CT molecular complexity index is 1130. The minimum absolute atomic E-state index is 0.0474. The van der Waals surface area contributed by atoms with Crippen molar-refractivity contribution in [3.8, 4) is 0 Å². The number of rotatable bonds is 6. The fourth-order valence-electron chi connectivity index (χ4n) is 4.24. The number of H-pyrrole nitrogens is 1. The van der Waals surface area contributed by atoms with Crippen LogP contribution in [0.3, 0.4) is 0 Å². The van der Waals surface area contributed by atoms with Gasteiger partial charge in [-0.3, -0.25) is 14.5 Å². The van der Waals surface area contributed by atoms with Gasteiger partial charge in [-0.1, -0.05) is 32.0 Å². The van der Waals surface area contributed by atoms with Gasteiger partial charge in [-0.15, -0.1) is 0 Å². The van der Waals surface area contributed by atoms with Crippen LogP contribution in [0.2, 0.25) is 0 Å². The monoisotopic (exact) mass is 419 g/mol. The summed E-state index contributed by atoms with van der Waals surface area (Å²) in [5.41, 5.74) is 4.19. The largest absolute Gasteiger partial charge is 0.361 e. The molecule has 1 aliphatic heterocycles. The minimum Gasteiger partial charge on any atom is -0.361 e. The second-order valence-corrected chi connectivity index (χ2v) is 8.53. The lowest BCUT2D eigenvalue weighted by atomic mass is 10.0. The normalized spacial score (nSPS) is 13.7. The first-order valence-corrected chi connectivity index (χ1v) is 10.8. The molecule has 0 fully saturated rings. The van der Waals surface area contributed by atoms with Gasteiger partial charge in [0.1, 0.15) is 11.6 Å². The highest BCUT2D eigenvalue weighted by atomic mass is 16.2. The summed E-state index contributed by atoms with van der Waals surface area (Å²) < 4.78 is 0. The van der Waals surface area contributed by atoms with Crippen LogP contribution in [0.5, 0.6) is 0 Å². The predicted octanol–water partition coefficient (Wildman–Crippen LogP) is 3.40. The van der Waals surface area contributed by atoms with E-state index in [1.54, 1.807) is 16.8 Å². The van der Waals surface area contributed by atoms with Crippen molar-refractivity contribution in [1.29, 1.82) is 0 Å². The molecule has 7 heteroatoms. The molecule has 2 aromatic heterocycles. The molecule has 2 amide bonds. The van der Waals surface area contributed by atoms with Crippen LogP contribution in [-0.4, -0.2) is 45.3 Å². The maximum atomic E-state index is 12.8. The summed E-state index contributed by atoms with van der Waals surface area (Å²) in [6.45, 7) is 6.60. The third-order valence-electron chi connectivity index (χ3n) is 5.91. The van der Waals surface area contributed by atoms with Crippen molar-refractivity contribution < 1.29 is 9.59 Å². The molecule has 31 heavy (non-hydrogen) atoms. The zero-order chi connectivity index (χ0) is 22.1. The number of aryl methyl sites for hydroxylation is 1. The average molecular weight is 420 g/mol. The maximum absolute atomic E-state index is 12.8. The smallest absolute Gasteiger partial charge is 0.228 e. The van der Waals surface area contributed by atoms with Crippen molar-refractivity contribution in [1.82, 2.24) is 19.9 Å². The van der Waals surface area contributed by atoms with Crippen LogP contribution in [0, 0.1) is 12.8 Å². The third-order valence-corrected chi connectivity index (χ3v) is 5.91. The number of carbonyl (C=O) groups excluding carboxylic acids is 2. The van der Waals surface area contributed by atoms with Crippen molar-refractivity contribution in [2.24, 2.45) is 5.92 Å². The van der Waals surface area contributed by atoms with Gasteiger partial charge >= 0.3 is 0 Å². The van der Waals surface area contributed by atoms with E-state index >= 15 is 0 Å². The van der Waals surface area contributed by atoms with Crippen LogP contribution in [0.4, 0.5) is 5.82 Å². The SMILES string of the molecule is Cc1nc(CN(C)C(=O)C(C)C)nc2c1CCC(=O)N2CCc1c[nH]c2ccccc12. The van der Waals surface area contributed by atoms with Crippen molar-refractivity contribution in [3.05, 3.63) is 53.1 Å². The molecule has 7 nitrogen and oxygen atoms in total. The van der Waals surface area contributed by atoms with Crippen LogP contribution in [0.15, 0.2) is 30.5 Å². The molecule has 0 bridgehead atoms. The summed E-state index contributed by atoms with van der Waals surface area (Å²) in [5, 5.41) is 1.18. The second kappa shape index (κ2) is 8.49. The molecule has 3 heterocycles. The number of benzene rings is 1. The molecular formula is C24H29N5O2. The van der Waals surface area contributed by atoms with E-state index in [4.69, 9.17) is 4.98 Å². The Morgan fingerprint density at radius 1 is 1.23 bits per heavy atom. The van der Waals surface area contributed by atoms with E-state index in [0.29, 0.717) is 37.6 Å². The topological polar surface area (TPSA) is 82.2 Å². The van der Waals surface area contributed by atoms with Crippen molar-refractivity contribution in [3.63, 3.8) is 0 Å². The molecule has 0 aliphatic carbocycles. The highest BCUT2D eigenvalue weighted by molar-refractivity contribution is 5.95. The zero-order valence-corrected chi connectivity index (χ0v) is 18.6. The fraction of sp³-hybridized carbons (Fsp3) is 0.417. The molecular weight excluding hydrogens is 390 g/mol. The zero-order valence-electron chi connectivity index (χ0n) is 18.6. The van der Waals surface area contributed by atoms with E-state index < -0.39 is 0 Å². The Hall–Kier alpha value is -3.22.